The molecule has 0 unspecified atom stereocenters. The van der Waals surface area contributed by atoms with Gasteiger partial charge >= 0.3 is 0 Å². The number of nitrogens with one attached hydrogen (secondary N) is 1. The molecule has 5 heteroatoms. The number of anilines is 1. The van der Waals surface area contributed by atoms with Crippen LogP contribution < -0.4 is 10.8 Å². The summed E-state index contributed by atoms with van der Waals surface area (Å²) in [5.41, 5.74) is 8.34. The van der Waals surface area contributed by atoms with Crippen LogP contribution in [0.25, 0.3) is 33.2 Å². The van der Waals surface area contributed by atoms with Gasteiger partial charge in [0.1, 0.15) is 17.7 Å². The van der Waals surface area contributed by atoms with E-state index in [0.29, 0.717) is 5.82 Å². The Kier molecular flexibility index (Phi) is 5.17. The van der Waals surface area contributed by atoms with Gasteiger partial charge in [0.15, 0.2) is 5.82 Å². The van der Waals surface area contributed by atoms with E-state index in [9.17, 15) is 0 Å². The third-order valence-electron chi connectivity index (χ3n) is 5.76. The first-order chi connectivity index (χ1) is 15.9. The van der Waals surface area contributed by atoms with E-state index < -0.39 is 0 Å². The Hall–Kier alpha value is -3.99. The summed E-state index contributed by atoms with van der Waals surface area (Å²) in [7, 11) is 0. The zero-order valence-electron chi connectivity index (χ0n) is 19.3. The van der Waals surface area contributed by atoms with E-state index >= 15 is 0 Å². The molecule has 3 aromatic carbocycles. The fourth-order valence-electron chi connectivity index (χ4n) is 3.86. The van der Waals surface area contributed by atoms with Crippen molar-refractivity contribution in [3.05, 3.63) is 95.6 Å². The number of para-hydroxylation sites is 1. The van der Waals surface area contributed by atoms with Gasteiger partial charge in [0, 0.05) is 22.4 Å². The molecular formula is C28H26N4O. The minimum Gasteiger partial charge on any atom is -0.456 e. The second kappa shape index (κ2) is 8.17. The third kappa shape index (κ3) is 4.22. The molecule has 5 nitrogen and oxygen atoms in total. The standard InChI is InChI=1S/C28H26N4O/c1-18-9-14-25-22(15-18)24(31-32-27-21-7-5-6-8-23(21)29-17-30-27)16-26(33-25)19-10-12-20(13-11-19)28(2,3)4/h5-17H,1-4H3,(H,29,30,32). The van der Waals surface area contributed by atoms with E-state index in [-0.39, 0.29) is 5.41 Å². The van der Waals surface area contributed by atoms with Crippen molar-refractivity contribution in [2.45, 2.75) is 33.1 Å². The summed E-state index contributed by atoms with van der Waals surface area (Å²) in [6.45, 7) is 8.70. The Morgan fingerprint density at radius 3 is 2.42 bits per heavy atom. The number of rotatable bonds is 3. The maximum Gasteiger partial charge on any atom is 0.157 e. The molecule has 0 radical (unpaired) electrons. The van der Waals surface area contributed by atoms with Gasteiger partial charge in [-0.05, 0) is 42.2 Å². The van der Waals surface area contributed by atoms with Crippen molar-refractivity contribution in [2.24, 2.45) is 5.10 Å². The topological polar surface area (TPSA) is 63.3 Å². The number of aromatic nitrogens is 2. The average Bonchev–Trinajstić information content (AvgIpc) is 2.82. The van der Waals surface area contributed by atoms with E-state index in [4.69, 9.17) is 9.52 Å². The molecule has 2 aromatic heterocycles. The monoisotopic (exact) mass is 434 g/mol. The third-order valence-corrected chi connectivity index (χ3v) is 5.76. The molecule has 0 fully saturated rings. The predicted octanol–water partition coefficient (Wildman–Crippen LogP) is 6.58. The van der Waals surface area contributed by atoms with Gasteiger partial charge in [0.2, 0.25) is 0 Å². The van der Waals surface area contributed by atoms with Crippen molar-refractivity contribution >= 4 is 27.7 Å². The van der Waals surface area contributed by atoms with Crippen molar-refractivity contribution in [3.8, 4) is 11.3 Å². The molecule has 0 aliphatic heterocycles. The summed E-state index contributed by atoms with van der Waals surface area (Å²) < 4.78 is 6.28. The van der Waals surface area contributed by atoms with Gasteiger partial charge in [-0.15, -0.1) is 0 Å². The van der Waals surface area contributed by atoms with Crippen molar-refractivity contribution in [3.63, 3.8) is 0 Å². The van der Waals surface area contributed by atoms with Crippen LogP contribution in [0.4, 0.5) is 5.82 Å². The molecule has 0 aliphatic carbocycles. The Morgan fingerprint density at radius 2 is 1.64 bits per heavy atom. The van der Waals surface area contributed by atoms with Crippen LogP contribution in [-0.2, 0) is 5.41 Å². The van der Waals surface area contributed by atoms with Gasteiger partial charge in [-0.1, -0.05) is 68.8 Å². The fourth-order valence-corrected chi connectivity index (χ4v) is 3.86. The highest BCUT2D eigenvalue weighted by Gasteiger charge is 2.14. The molecule has 0 saturated heterocycles. The van der Waals surface area contributed by atoms with Crippen LogP contribution in [0, 0.1) is 6.92 Å². The predicted molar refractivity (Wildman–Crippen MR) is 134 cm³/mol. The number of benzene rings is 3. The van der Waals surface area contributed by atoms with Crippen LogP contribution in [0.15, 0.2) is 88.6 Å². The Morgan fingerprint density at radius 1 is 0.848 bits per heavy atom. The van der Waals surface area contributed by atoms with Crippen molar-refractivity contribution in [2.75, 3.05) is 5.43 Å². The van der Waals surface area contributed by atoms with Gasteiger partial charge in [0.25, 0.3) is 0 Å². The summed E-state index contributed by atoms with van der Waals surface area (Å²) in [4.78, 5) is 8.72. The highest BCUT2D eigenvalue weighted by Crippen LogP contribution is 2.27. The van der Waals surface area contributed by atoms with E-state index in [1.165, 1.54) is 5.56 Å². The smallest absolute Gasteiger partial charge is 0.157 e. The maximum absolute atomic E-state index is 6.28. The second-order valence-corrected chi connectivity index (χ2v) is 9.29. The van der Waals surface area contributed by atoms with E-state index in [2.05, 4.69) is 73.4 Å². The minimum atomic E-state index is 0.0985. The number of hydrogen-bond acceptors (Lipinski definition) is 5. The Balaban J connectivity index is 1.63. The van der Waals surface area contributed by atoms with Crippen LogP contribution in [0.3, 0.4) is 0 Å². The number of aryl methyl sites for hydroxylation is 1. The van der Waals surface area contributed by atoms with Crippen molar-refractivity contribution < 1.29 is 4.42 Å². The normalized spacial score (nSPS) is 12.4. The minimum absolute atomic E-state index is 0.0985. The molecule has 1 N–H and O–H groups in total. The summed E-state index contributed by atoms with van der Waals surface area (Å²) in [5.74, 6) is 1.43. The molecule has 33 heavy (non-hydrogen) atoms. The highest BCUT2D eigenvalue weighted by molar-refractivity contribution is 5.88. The second-order valence-electron chi connectivity index (χ2n) is 9.29. The molecule has 0 bridgehead atoms. The molecule has 164 valence electrons. The first kappa shape index (κ1) is 20.9. The van der Waals surface area contributed by atoms with Gasteiger partial charge in [-0.3, -0.25) is 5.43 Å². The maximum atomic E-state index is 6.28. The molecule has 2 heterocycles. The van der Waals surface area contributed by atoms with E-state index in [1.54, 1.807) is 6.33 Å². The van der Waals surface area contributed by atoms with Gasteiger partial charge in [-0.2, -0.15) is 5.10 Å². The molecule has 0 aliphatic rings. The summed E-state index contributed by atoms with van der Waals surface area (Å²) in [6.07, 6.45) is 1.55. The molecule has 0 saturated carbocycles. The van der Waals surface area contributed by atoms with Crippen molar-refractivity contribution in [1.29, 1.82) is 0 Å². The van der Waals surface area contributed by atoms with Crippen LogP contribution in [0.5, 0.6) is 0 Å². The molecule has 5 aromatic rings. The lowest BCUT2D eigenvalue weighted by atomic mass is 9.86. The summed E-state index contributed by atoms with van der Waals surface area (Å²) in [6, 6.07) is 24.5. The van der Waals surface area contributed by atoms with Crippen LogP contribution >= 0.6 is 0 Å². The SMILES string of the molecule is Cc1ccc2oc(-c3ccc(C(C)(C)C)cc3)cc(=NNc3ncnc4ccccc34)c2c1. The lowest BCUT2D eigenvalue weighted by molar-refractivity contribution is 0.589. The summed E-state index contributed by atoms with van der Waals surface area (Å²) in [5, 5.41) is 7.39. The molecular weight excluding hydrogens is 408 g/mol. The van der Waals surface area contributed by atoms with Gasteiger partial charge in [-0.25, -0.2) is 9.97 Å². The molecule has 0 amide bonds. The average molecular weight is 435 g/mol. The zero-order chi connectivity index (χ0) is 23.0. The summed E-state index contributed by atoms with van der Waals surface area (Å²) >= 11 is 0. The first-order valence-electron chi connectivity index (χ1n) is 11.0. The Bertz CT molecular complexity index is 1520. The quantitative estimate of drug-likeness (QED) is 0.326. The van der Waals surface area contributed by atoms with Crippen LogP contribution in [-0.4, -0.2) is 9.97 Å². The lowest BCUT2D eigenvalue weighted by Gasteiger charge is -2.19. The van der Waals surface area contributed by atoms with Gasteiger partial charge < -0.3 is 4.42 Å². The fraction of sp³-hybridized carbons (Fsp3) is 0.179. The largest absolute Gasteiger partial charge is 0.456 e. The van der Waals surface area contributed by atoms with Crippen LogP contribution in [0.1, 0.15) is 31.9 Å². The number of fused-ring (bicyclic) bond motifs is 2. The van der Waals surface area contributed by atoms with E-state index in [1.807, 2.05) is 42.5 Å². The lowest BCUT2D eigenvalue weighted by Crippen LogP contribution is -2.10. The molecule has 0 spiro atoms. The van der Waals surface area contributed by atoms with E-state index in [0.717, 1.165) is 44.1 Å². The molecule has 0 atom stereocenters. The Labute approximate surface area is 192 Å². The zero-order valence-corrected chi connectivity index (χ0v) is 19.3. The number of hydrogen-bond donors (Lipinski definition) is 1. The molecule has 5 rings (SSSR count). The highest BCUT2D eigenvalue weighted by atomic mass is 16.3. The van der Waals surface area contributed by atoms with Gasteiger partial charge in [0.05, 0.1) is 10.9 Å². The number of nitrogens with zero attached hydrogens (tertiary/aromatic N) is 3. The van der Waals surface area contributed by atoms with Crippen molar-refractivity contribution in [1.82, 2.24) is 9.97 Å². The van der Waals surface area contributed by atoms with Crippen LogP contribution in [0.2, 0.25) is 0 Å². The first-order valence-corrected chi connectivity index (χ1v) is 11.0.